The van der Waals surface area contributed by atoms with Crippen LogP contribution < -0.4 is 19.7 Å². The quantitative estimate of drug-likeness (QED) is 0.705. The summed E-state index contributed by atoms with van der Waals surface area (Å²) in [5, 5.41) is 6.64. The molecule has 0 saturated carbocycles. The lowest BCUT2D eigenvalue weighted by Gasteiger charge is -2.20. The van der Waals surface area contributed by atoms with Gasteiger partial charge in [0, 0.05) is 12.7 Å². The first-order valence-corrected chi connectivity index (χ1v) is 10.3. The molecule has 140 valence electrons. The van der Waals surface area contributed by atoms with Crippen molar-refractivity contribution >= 4 is 38.7 Å². The Morgan fingerprint density at radius 2 is 1.88 bits per heavy atom. The van der Waals surface area contributed by atoms with Gasteiger partial charge in [0.2, 0.25) is 10.0 Å². The molecule has 0 aliphatic heterocycles. The van der Waals surface area contributed by atoms with E-state index in [0.717, 1.165) is 12.0 Å². The summed E-state index contributed by atoms with van der Waals surface area (Å²) in [4.78, 5) is 0. The summed E-state index contributed by atoms with van der Waals surface area (Å²) in [6, 6.07) is 16.6. The zero-order chi connectivity index (χ0) is 19.2. The Morgan fingerprint density at radius 3 is 2.54 bits per heavy atom. The van der Waals surface area contributed by atoms with Crippen molar-refractivity contribution in [2.24, 2.45) is 0 Å². The van der Waals surface area contributed by atoms with E-state index in [-0.39, 0.29) is 6.04 Å². The van der Waals surface area contributed by atoms with E-state index < -0.39 is 10.0 Å². The number of para-hydroxylation sites is 1. The molecule has 0 radical (unpaired) electrons. The van der Waals surface area contributed by atoms with Crippen molar-refractivity contribution in [1.82, 2.24) is 5.32 Å². The van der Waals surface area contributed by atoms with E-state index in [1.165, 1.54) is 11.4 Å². The fourth-order valence-corrected chi connectivity index (χ4v) is 2.96. The van der Waals surface area contributed by atoms with Crippen LogP contribution >= 0.6 is 12.2 Å². The molecule has 0 aromatic heterocycles. The zero-order valence-electron chi connectivity index (χ0n) is 15.0. The Bertz CT molecular complexity index is 842. The first-order valence-electron chi connectivity index (χ1n) is 8.05. The lowest BCUT2D eigenvalue weighted by atomic mass is 10.3. The van der Waals surface area contributed by atoms with E-state index >= 15 is 0 Å². The van der Waals surface area contributed by atoms with Crippen LogP contribution in [0, 0.1) is 0 Å². The minimum atomic E-state index is -3.31. The lowest BCUT2D eigenvalue weighted by molar-refractivity contribution is 0.287. The van der Waals surface area contributed by atoms with Gasteiger partial charge in [0.1, 0.15) is 12.4 Å². The van der Waals surface area contributed by atoms with Crippen LogP contribution in [0.4, 0.5) is 11.4 Å². The summed E-state index contributed by atoms with van der Waals surface area (Å²) >= 11 is 5.32. The number of sulfonamides is 1. The van der Waals surface area contributed by atoms with Gasteiger partial charge < -0.3 is 15.4 Å². The van der Waals surface area contributed by atoms with Crippen molar-refractivity contribution in [2.75, 3.05) is 29.5 Å². The predicted octanol–water partition coefficient (Wildman–Crippen LogP) is 2.84. The van der Waals surface area contributed by atoms with Crippen LogP contribution in [0.3, 0.4) is 0 Å². The third-order valence-corrected chi connectivity index (χ3v) is 5.01. The van der Waals surface area contributed by atoms with Gasteiger partial charge in [-0.1, -0.05) is 24.3 Å². The monoisotopic (exact) mass is 393 g/mol. The maximum atomic E-state index is 11.7. The summed E-state index contributed by atoms with van der Waals surface area (Å²) < 4.78 is 30.2. The number of nitrogens with zero attached hydrogens (tertiary/aromatic N) is 1. The normalized spacial score (nSPS) is 12.1. The number of hydrogen-bond donors (Lipinski definition) is 2. The second-order valence-corrected chi connectivity index (χ2v) is 8.33. The minimum absolute atomic E-state index is 0.00270. The summed E-state index contributed by atoms with van der Waals surface area (Å²) in [6.45, 7) is 2.42. The molecular weight excluding hydrogens is 370 g/mol. The predicted molar refractivity (Wildman–Crippen MR) is 110 cm³/mol. The summed E-state index contributed by atoms with van der Waals surface area (Å²) in [7, 11) is -1.81. The molecular formula is C18H23N3O3S2. The van der Waals surface area contributed by atoms with Gasteiger partial charge >= 0.3 is 0 Å². The fraction of sp³-hybridized carbons (Fsp3) is 0.278. The maximum absolute atomic E-state index is 11.7. The van der Waals surface area contributed by atoms with E-state index in [2.05, 4.69) is 10.6 Å². The number of hydrogen-bond acceptors (Lipinski definition) is 4. The zero-order valence-corrected chi connectivity index (χ0v) is 16.6. The molecule has 0 unspecified atom stereocenters. The largest absolute Gasteiger partial charge is 0.491 e. The Labute approximate surface area is 160 Å². The molecule has 0 heterocycles. The molecule has 0 fully saturated rings. The third kappa shape index (κ3) is 6.20. The lowest BCUT2D eigenvalue weighted by Crippen LogP contribution is -2.39. The van der Waals surface area contributed by atoms with Crippen molar-refractivity contribution in [3.05, 3.63) is 54.6 Å². The van der Waals surface area contributed by atoms with Gasteiger partial charge in [0.25, 0.3) is 0 Å². The number of nitrogens with one attached hydrogen (secondary N) is 2. The first-order chi connectivity index (χ1) is 12.3. The van der Waals surface area contributed by atoms with Crippen LogP contribution in [0.5, 0.6) is 5.75 Å². The molecule has 0 spiro atoms. The molecule has 2 rings (SSSR count). The third-order valence-electron chi connectivity index (χ3n) is 3.59. The van der Waals surface area contributed by atoms with Gasteiger partial charge in [-0.3, -0.25) is 4.31 Å². The van der Waals surface area contributed by atoms with Crippen molar-refractivity contribution in [2.45, 2.75) is 13.0 Å². The first kappa shape index (κ1) is 20.0. The molecule has 0 aliphatic carbocycles. The van der Waals surface area contributed by atoms with Gasteiger partial charge in [-0.15, -0.1) is 0 Å². The molecule has 6 nitrogen and oxygen atoms in total. The van der Waals surface area contributed by atoms with Crippen LogP contribution in [-0.4, -0.2) is 39.5 Å². The van der Waals surface area contributed by atoms with Crippen molar-refractivity contribution in [3.8, 4) is 5.75 Å². The Balaban J connectivity index is 1.89. The molecule has 2 aromatic carbocycles. The van der Waals surface area contributed by atoms with E-state index in [9.17, 15) is 8.42 Å². The van der Waals surface area contributed by atoms with Crippen LogP contribution in [0.25, 0.3) is 0 Å². The van der Waals surface area contributed by atoms with E-state index in [1.807, 2.05) is 43.3 Å². The fourth-order valence-electron chi connectivity index (χ4n) is 2.14. The van der Waals surface area contributed by atoms with Crippen LogP contribution in [0.15, 0.2) is 54.6 Å². The average molecular weight is 394 g/mol. The Hall–Kier alpha value is -2.32. The summed E-state index contributed by atoms with van der Waals surface area (Å²) in [6.07, 6.45) is 1.16. The van der Waals surface area contributed by atoms with Gasteiger partial charge in [0.05, 0.1) is 18.0 Å². The molecule has 0 bridgehead atoms. The minimum Gasteiger partial charge on any atom is -0.491 e. The van der Waals surface area contributed by atoms with E-state index in [0.29, 0.717) is 23.1 Å². The van der Waals surface area contributed by atoms with Gasteiger partial charge in [0.15, 0.2) is 5.11 Å². The number of benzene rings is 2. The van der Waals surface area contributed by atoms with Crippen molar-refractivity contribution < 1.29 is 13.2 Å². The highest BCUT2D eigenvalue weighted by molar-refractivity contribution is 7.92. The van der Waals surface area contributed by atoms with Gasteiger partial charge in [-0.05, 0) is 49.5 Å². The summed E-state index contributed by atoms with van der Waals surface area (Å²) in [5.41, 5.74) is 1.26. The Kier molecular flexibility index (Phi) is 6.82. The number of thiocarbonyl (C=S) groups is 1. The van der Waals surface area contributed by atoms with Crippen LogP contribution in [0.1, 0.15) is 6.92 Å². The molecule has 26 heavy (non-hydrogen) atoms. The average Bonchev–Trinajstić information content (AvgIpc) is 2.59. The van der Waals surface area contributed by atoms with Crippen LogP contribution in [-0.2, 0) is 10.0 Å². The van der Waals surface area contributed by atoms with Gasteiger partial charge in [-0.2, -0.15) is 0 Å². The second kappa shape index (κ2) is 8.86. The Morgan fingerprint density at radius 1 is 1.19 bits per heavy atom. The highest BCUT2D eigenvalue weighted by Crippen LogP contribution is 2.20. The highest BCUT2D eigenvalue weighted by Gasteiger charge is 2.12. The molecule has 2 aromatic rings. The molecule has 1 atom stereocenters. The molecule has 0 amide bonds. The topological polar surface area (TPSA) is 70.7 Å². The number of anilines is 2. The molecule has 8 heteroatoms. The second-order valence-electron chi connectivity index (χ2n) is 5.90. The van der Waals surface area contributed by atoms with Crippen molar-refractivity contribution in [1.29, 1.82) is 0 Å². The molecule has 0 saturated heterocycles. The summed E-state index contributed by atoms with van der Waals surface area (Å²) in [5.74, 6) is 0.802. The van der Waals surface area contributed by atoms with Crippen molar-refractivity contribution in [3.63, 3.8) is 0 Å². The molecule has 2 N–H and O–H groups in total. The van der Waals surface area contributed by atoms with Crippen LogP contribution in [0.2, 0.25) is 0 Å². The number of rotatable bonds is 7. The number of ether oxygens (including phenoxy) is 1. The van der Waals surface area contributed by atoms with Gasteiger partial charge in [-0.25, -0.2) is 8.42 Å². The highest BCUT2D eigenvalue weighted by atomic mass is 32.2. The smallest absolute Gasteiger partial charge is 0.231 e. The molecule has 0 aliphatic rings. The standard InChI is InChI=1S/C18H23N3O3S2/c1-14(13-24-17-10-5-4-6-11-17)19-18(25)20-15-8-7-9-16(12-15)21(2)26(3,22)23/h4-12,14H,13H2,1-3H3,(H2,19,20,25)/t14-/m1/s1. The SMILES string of the molecule is C[C@H](COc1ccccc1)NC(=S)Nc1cccc(N(C)S(C)(=O)=O)c1. The van der Waals surface area contributed by atoms with E-state index in [1.54, 1.807) is 18.2 Å². The maximum Gasteiger partial charge on any atom is 0.231 e. The van der Waals surface area contributed by atoms with E-state index in [4.69, 9.17) is 17.0 Å².